The fraction of sp³-hybridized carbons (Fsp3) is 0.667. The van der Waals surface area contributed by atoms with Crippen LogP contribution in [0.4, 0.5) is 0 Å². The van der Waals surface area contributed by atoms with Crippen molar-refractivity contribution in [3.8, 4) is 11.5 Å². The molecule has 24 heavy (non-hydrogen) atoms. The third-order valence-electron chi connectivity index (χ3n) is 5.95. The monoisotopic (exact) mass is 342 g/mol. The Morgan fingerprint density at radius 1 is 1.08 bits per heavy atom. The Balaban J connectivity index is 2.35. The van der Waals surface area contributed by atoms with Crippen molar-refractivity contribution in [2.75, 3.05) is 13.6 Å². The average molecular weight is 343 g/mol. The van der Waals surface area contributed by atoms with Crippen LogP contribution in [0, 0.1) is 11.5 Å². The molecule has 1 aromatic rings. The summed E-state index contributed by atoms with van der Waals surface area (Å²) in [4.78, 5) is 6.92. The Morgan fingerprint density at radius 3 is 2.21 bits per heavy atom. The van der Waals surface area contributed by atoms with Crippen molar-refractivity contribution >= 4 is 8.07 Å². The minimum atomic E-state index is -1.67. The summed E-state index contributed by atoms with van der Waals surface area (Å²) >= 11 is 0. The van der Waals surface area contributed by atoms with Gasteiger partial charge >= 0.3 is 0 Å². The fourth-order valence-corrected chi connectivity index (χ4v) is 9.88. The molecule has 1 unspecified atom stereocenters. The SMILES string of the molecule is CC(C)[Si](C#Cc1cncc(C2CCCN2C)c1)(C(C)C)C(C)C. The van der Waals surface area contributed by atoms with Crippen molar-refractivity contribution in [1.29, 1.82) is 0 Å². The first-order valence-electron chi connectivity index (χ1n) is 9.47. The van der Waals surface area contributed by atoms with Gasteiger partial charge in [-0.25, -0.2) is 0 Å². The first kappa shape index (κ1) is 19.2. The Labute approximate surface area is 150 Å². The van der Waals surface area contributed by atoms with Crippen molar-refractivity contribution in [3.05, 3.63) is 29.6 Å². The van der Waals surface area contributed by atoms with Gasteiger partial charge in [0.05, 0.1) is 0 Å². The quantitative estimate of drug-likeness (QED) is 0.536. The van der Waals surface area contributed by atoms with E-state index >= 15 is 0 Å². The number of rotatable bonds is 4. The van der Waals surface area contributed by atoms with Gasteiger partial charge in [0.2, 0.25) is 0 Å². The summed E-state index contributed by atoms with van der Waals surface area (Å²) in [6.45, 7) is 15.4. The predicted octanol–water partition coefficient (Wildman–Crippen LogP) is 5.42. The van der Waals surface area contributed by atoms with E-state index in [9.17, 15) is 0 Å². The summed E-state index contributed by atoms with van der Waals surface area (Å²) in [6.07, 6.45) is 6.47. The van der Waals surface area contributed by atoms with Gasteiger partial charge < -0.3 is 0 Å². The molecule has 2 nitrogen and oxygen atoms in total. The molecule has 0 radical (unpaired) electrons. The third-order valence-corrected chi connectivity index (χ3v) is 12.2. The van der Waals surface area contributed by atoms with E-state index in [4.69, 9.17) is 0 Å². The van der Waals surface area contributed by atoms with E-state index in [1.54, 1.807) is 0 Å². The molecule has 1 aliphatic rings. The standard InChI is InChI=1S/C21H34N2Si/c1-16(2)24(17(3)4,18(5)6)12-10-19-13-20(15-22-14-19)21-9-8-11-23(21)7/h13-18,21H,8-9,11H2,1-7H3. The normalized spacial score (nSPS) is 19.2. The highest BCUT2D eigenvalue weighted by Crippen LogP contribution is 2.40. The number of aromatic nitrogens is 1. The van der Waals surface area contributed by atoms with Crippen molar-refractivity contribution in [3.63, 3.8) is 0 Å². The molecule has 0 amide bonds. The van der Waals surface area contributed by atoms with Crippen LogP contribution in [-0.4, -0.2) is 31.6 Å². The van der Waals surface area contributed by atoms with Crippen LogP contribution in [0.2, 0.25) is 16.6 Å². The Hall–Kier alpha value is -1.11. The van der Waals surface area contributed by atoms with Crippen LogP contribution in [0.15, 0.2) is 18.5 Å². The van der Waals surface area contributed by atoms with E-state index in [2.05, 4.69) is 76.0 Å². The molecule has 2 heterocycles. The van der Waals surface area contributed by atoms with E-state index in [0.29, 0.717) is 22.7 Å². The van der Waals surface area contributed by atoms with Crippen LogP contribution in [0.1, 0.15) is 71.6 Å². The zero-order valence-corrected chi connectivity index (χ0v) is 17.6. The predicted molar refractivity (Wildman–Crippen MR) is 107 cm³/mol. The first-order chi connectivity index (χ1) is 11.3. The molecule has 0 N–H and O–H groups in total. The van der Waals surface area contributed by atoms with E-state index in [1.807, 2.05) is 12.4 Å². The van der Waals surface area contributed by atoms with Crippen molar-refractivity contribution in [2.24, 2.45) is 0 Å². The Bertz CT molecular complexity index is 588. The van der Waals surface area contributed by atoms with Crippen LogP contribution in [0.3, 0.4) is 0 Å². The Kier molecular flexibility index (Phi) is 6.28. The summed E-state index contributed by atoms with van der Waals surface area (Å²) < 4.78 is 0. The van der Waals surface area contributed by atoms with Crippen LogP contribution in [-0.2, 0) is 0 Å². The van der Waals surface area contributed by atoms with E-state index < -0.39 is 8.07 Å². The molecule has 0 bridgehead atoms. The summed E-state index contributed by atoms with van der Waals surface area (Å²) in [7, 11) is 0.541. The second-order valence-corrected chi connectivity index (χ2v) is 13.9. The molecule has 1 aliphatic heterocycles. The van der Waals surface area contributed by atoms with Gasteiger partial charge in [0, 0.05) is 24.0 Å². The summed E-state index contributed by atoms with van der Waals surface area (Å²) in [5.74, 6) is 3.54. The lowest BCUT2D eigenvalue weighted by Gasteiger charge is -2.38. The van der Waals surface area contributed by atoms with E-state index in [1.165, 1.54) is 24.9 Å². The third kappa shape index (κ3) is 3.76. The molecule has 1 fully saturated rings. The van der Waals surface area contributed by atoms with Gasteiger partial charge in [-0.2, -0.15) is 0 Å². The van der Waals surface area contributed by atoms with E-state index in [0.717, 1.165) is 5.56 Å². The van der Waals surface area contributed by atoms with Crippen LogP contribution >= 0.6 is 0 Å². The van der Waals surface area contributed by atoms with Gasteiger partial charge in [-0.3, -0.25) is 9.88 Å². The number of hydrogen-bond donors (Lipinski definition) is 0. The van der Waals surface area contributed by atoms with Crippen molar-refractivity contribution < 1.29 is 0 Å². The van der Waals surface area contributed by atoms with Crippen LogP contribution in [0.25, 0.3) is 0 Å². The minimum Gasteiger partial charge on any atom is -0.299 e. The molecule has 1 saturated heterocycles. The van der Waals surface area contributed by atoms with Crippen LogP contribution in [0.5, 0.6) is 0 Å². The topological polar surface area (TPSA) is 16.1 Å². The van der Waals surface area contributed by atoms with Gasteiger partial charge in [0.25, 0.3) is 0 Å². The Morgan fingerprint density at radius 2 is 1.71 bits per heavy atom. The highest BCUT2D eigenvalue weighted by Gasteiger charge is 2.41. The van der Waals surface area contributed by atoms with Gasteiger partial charge in [0.1, 0.15) is 8.07 Å². The second-order valence-electron chi connectivity index (χ2n) is 8.29. The first-order valence-corrected chi connectivity index (χ1v) is 11.7. The molecule has 1 atom stereocenters. The molecular formula is C21H34N2Si. The van der Waals surface area contributed by atoms with Crippen molar-refractivity contribution in [1.82, 2.24) is 9.88 Å². The summed E-state index contributed by atoms with van der Waals surface area (Å²) in [5.41, 5.74) is 8.23. The van der Waals surface area contributed by atoms with Gasteiger partial charge in [-0.1, -0.05) is 47.5 Å². The smallest absolute Gasteiger partial charge is 0.146 e. The lowest BCUT2D eigenvalue weighted by atomic mass is 10.1. The lowest BCUT2D eigenvalue weighted by Crippen LogP contribution is -2.43. The van der Waals surface area contributed by atoms with Gasteiger partial charge in [0.15, 0.2) is 0 Å². The fourth-order valence-electron chi connectivity index (χ4n) is 4.65. The molecule has 0 aromatic carbocycles. The maximum Gasteiger partial charge on any atom is 0.146 e. The maximum absolute atomic E-state index is 4.49. The zero-order chi connectivity index (χ0) is 17.9. The minimum absolute atomic E-state index is 0.515. The molecule has 0 aliphatic carbocycles. The highest BCUT2D eigenvalue weighted by molar-refractivity contribution is 6.90. The number of pyridine rings is 1. The van der Waals surface area contributed by atoms with E-state index in [-0.39, 0.29) is 0 Å². The lowest BCUT2D eigenvalue weighted by molar-refractivity contribution is 0.317. The molecule has 132 valence electrons. The molecule has 3 heteroatoms. The van der Waals surface area contributed by atoms with Gasteiger partial charge in [-0.15, -0.1) is 5.54 Å². The maximum atomic E-state index is 4.49. The van der Waals surface area contributed by atoms with Gasteiger partial charge in [-0.05, 0) is 54.7 Å². The summed E-state index contributed by atoms with van der Waals surface area (Å²) in [6, 6.07) is 2.79. The average Bonchev–Trinajstić information content (AvgIpc) is 2.93. The molecular weight excluding hydrogens is 308 g/mol. The molecule has 2 rings (SSSR count). The largest absolute Gasteiger partial charge is 0.299 e. The molecule has 0 saturated carbocycles. The number of hydrogen-bond acceptors (Lipinski definition) is 2. The van der Waals surface area contributed by atoms with Crippen LogP contribution < -0.4 is 0 Å². The second kappa shape index (κ2) is 7.85. The summed E-state index contributed by atoms with van der Waals surface area (Å²) in [5, 5.41) is 0. The van der Waals surface area contributed by atoms with Crippen molar-refractivity contribution in [2.45, 2.75) is 77.0 Å². The molecule has 1 aromatic heterocycles. The number of nitrogens with zero attached hydrogens (tertiary/aromatic N) is 2. The number of likely N-dealkylation sites (tertiary alicyclic amines) is 1. The molecule has 0 spiro atoms. The zero-order valence-electron chi connectivity index (χ0n) is 16.6. The highest BCUT2D eigenvalue weighted by atomic mass is 28.3.